The van der Waals surface area contributed by atoms with E-state index < -0.39 is 0 Å². The van der Waals surface area contributed by atoms with Crippen molar-refractivity contribution >= 4 is 22.4 Å². The average molecular weight is 333 g/mol. The van der Waals surface area contributed by atoms with Crippen LogP contribution >= 0.6 is 0 Å². The summed E-state index contributed by atoms with van der Waals surface area (Å²) in [4.78, 5) is 7.26. The van der Waals surface area contributed by atoms with Crippen LogP contribution in [0.1, 0.15) is 25.5 Å². The van der Waals surface area contributed by atoms with Crippen LogP contribution in [0.2, 0.25) is 0 Å². The molecule has 0 aliphatic carbocycles. The van der Waals surface area contributed by atoms with Gasteiger partial charge in [-0.15, -0.1) is 5.10 Å². The molecule has 1 fully saturated rings. The van der Waals surface area contributed by atoms with Crippen LogP contribution in [0.3, 0.4) is 0 Å². The van der Waals surface area contributed by atoms with Crippen LogP contribution in [0, 0.1) is 0 Å². The van der Waals surface area contributed by atoms with Gasteiger partial charge in [0.15, 0.2) is 0 Å². The van der Waals surface area contributed by atoms with Gasteiger partial charge < -0.3 is 10.2 Å². The molecule has 0 saturated carbocycles. The number of benzene rings is 1. The van der Waals surface area contributed by atoms with Gasteiger partial charge in [0.05, 0.1) is 5.52 Å². The number of nitrogens with zero attached hydrogens (tertiary/aromatic N) is 4. The largest absolute Gasteiger partial charge is 0.371 e. The van der Waals surface area contributed by atoms with Crippen molar-refractivity contribution in [3.8, 4) is 0 Å². The van der Waals surface area contributed by atoms with Gasteiger partial charge in [-0.05, 0) is 43.5 Å². The van der Waals surface area contributed by atoms with Crippen molar-refractivity contribution in [3.05, 3.63) is 54.4 Å². The molecule has 128 valence electrons. The Morgan fingerprint density at radius 1 is 1.12 bits per heavy atom. The van der Waals surface area contributed by atoms with Crippen LogP contribution in [0.4, 0.5) is 11.5 Å². The van der Waals surface area contributed by atoms with Crippen LogP contribution < -0.4 is 10.2 Å². The van der Waals surface area contributed by atoms with Gasteiger partial charge in [-0.2, -0.15) is 5.10 Å². The molecule has 3 heterocycles. The minimum Gasteiger partial charge on any atom is -0.371 e. The Kier molecular flexibility index (Phi) is 4.46. The summed E-state index contributed by atoms with van der Waals surface area (Å²) in [6.45, 7) is 4.24. The first-order valence-electron chi connectivity index (χ1n) is 9.01. The van der Waals surface area contributed by atoms with Gasteiger partial charge in [0.1, 0.15) is 5.82 Å². The molecular weight excluding hydrogens is 310 g/mol. The number of para-hydroxylation sites is 1. The summed E-state index contributed by atoms with van der Waals surface area (Å²) in [6.07, 6.45) is 4.85. The number of anilines is 2. The maximum absolute atomic E-state index is 4.77. The lowest BCUT2D eigenvalue weighted by molar-refractivity contribution is 0.525. The molecule has 0 unspecified atom stereocenters. The Hall–Kier alpha value is -2.69. The first-order chi connectivity index (χ1) is 12.3. The number of nitrogens with one attached hydrogen (secondary N) is 1. The van der Waals surface area contributed by atoms with Gasteiger partial charge in [-0.25, -0.2) is 0 Å². The molecule has 5 heteroatoms. The molecule has 4 rings (SSSR count). The number of hydrogen-bond acceptors (Lipinski definition) is 5. The highest BCUT2D eigenvalue weighted by molar-refractivity contribution is 5.92. The van der Waals surface area contributed by atoms with E-state index in [-0.39, 0.29) is 0 Å². The summed E-state index contributed by atoms with van der Waals surface area (Å²) < 4.78 is 0. The second-order valence-electron chi connectivity index (χ2n) is 6.52. The predicted octanol–water partition coefficient (Wildman–Crippen LogP) is 3.67. The van der Waals surface area contributed by atoms with Crippen LogP contribution in [0.5, 0.6) is 0 Å². The van der Waals surface area contributed by atoms with Crippen molar-refractivity contribution in [2.45, 2.75) is 32.2 Å². The molecule has 1 saturated heterocycles. The zero-order valence-corrected chi connectivity index (χ0v) is 14.5. The number of fused-ring (bicyclic) bond motifs is 1. The second kappa shape index (κ2) is 7.05. The summed E-state index contributed by atoms with van der Waals surface area (Å²) in [5.74, 6) is 0.864. The number of aryl methyl sites for hydroxylation is 1. The van der Waals surface area contributed by atoms with Gasteiger partial charge in [-0.1, -0.05) is 25.1 Å². The highest BCUT2D eigenvalue weighted by atomic mass is 15.2. The minimum absolute atomic E-state index is 0.451. The fourth-order valence-electron chi connectivity index (χ4n) is 3.51. The second-order valence-corrected chi connectivity index (χ2v) is 6.52. The molecular formula is C20H23N5. The average Bonchev–Trinajstić information content (AvgIpc) is 2.68. The van der Waals surface area contributed by atoms with E-state index in [1.807, 2.05) is 12.1 Å². The molecule has 0 radical (unpaired) electrons. The minimum atomic E-state index is 0.451. The third-order valence-corrected chi connectivity index (χ3v) is 4.87. The number of pyridine rings is 1. The number of piperidine rings is 1. The molecule has 1 aliphatic rings. The molecule has 0 spiro atoms. The molecule has 1 N–H and O–H groups in total. The molecule has 25 heavy (non-hydrogen) atoms. The van der Waals surface area contributed by atoms with Gasteiger partial charge in [0.25, 0.3) is 0 Å². The summed E-state index contributed by atoms with van der Waals surface area (Å²) in [5, 5.41) is 12.8. The highest BCUT2D eigenvalue weighted by Gasteiger charge is 2.21. The highest BCUT2D eigenvalue weighted by Crippen LogP contribution is 2.29. The Bertz CT molecular complexity index is 841. The molecule has 1 aliphatic heterocycles. The predicted molar refractivity (Wildman–Crippen MR) is 102 cm³/mol. The van der Waals surface area contributed by atoms with Crippen LogP contribution in [0.15, 0.2) is 48.7 Å². The third-order valence-electron chi connectivity index (χ3n) is 4.87. The summed E-state index contributed by atoms with van der Waals surface area (Å²) in [6, 6.07) is 15.1. The van der Waals surface area contributed by atoms with E-state index in [0.717, 1.165) is 49.4 Å². The van der Waals surface area contributed by atoms with Gasteiger partial charge in [-0.3, -0.25) is 4.98 Å². The molecule has 1 aromatic carbocycles. The topological polar surface area (TPSA) is 53.9 Å². The van der Waals surface area contributed by atoms with E-state index in [9.17, 15) is 0 Å². The zero-order valence-electron chi connectivity index (χ0n) is 14.5. The summed E-state index contributed by atoms with van der Waals surface area (Å²) >= 11 is 0. The van der Waals surface area contributed by atoms with Crippen LogP contribution in [0.25, 0.3) is 10.9 Å². The Morgan fingerprint density at radius 3 is 2.72 bits per heavy atom. The summed E-state index contributed by atoms with van der Waals surface area (Å²) in [5.41, 5.74) is 3.57. The smallest absolute Gasteiger partial charge is 0.148 e. The zero-order chi connectivity index (χ0) is 17.1. The van der Waals surface area contributed by atoms with E-state index in [4.69, 9.17) is 4.98 Å². The van der Waals surface area contributed by atoms with Crippen molar-refractivity contribution in [2.24, 2.45) is 0 Å². The third kappa shape index (κ3) is 3.40. The van der Waals surface area contributed by atoms with Crippen molar-refractivity contribution in [1.82, 2.24) is 15.2 Å². The standard InChI is InChI=1S/C20H23N5/c1-2-15-14-19(17-6-3-4-7-18(17)22-15)25-12-9-16(10-13-25)23-20-8-5-11-21-24-20/h3-8,11,14,16H,2,9-10,12-13H2,1H3,(H,23,24). The van der Waals surface area contributed by atoms with Gasteiger partial charge >= 0.3 is 0 Å². The van der Waals surface area contributed by atoms with Crippen molar-refractivity contribution in [3.63, 3.8) is 0 Å². The molecule has 2 aromatic heterocycles. The van der Waals surface area contributed by atoms with Crippen molar-refractivity contribution in [1.29, 1.82) is 0 Å². The number of rotatable bonds is 4. The lowest BCUT2D eigenvalue weighted by Crippen LogP contribution is -2.39. The number of aromatic nitrogens is 3. The fourth-order valence-corrected chi connectivity index (χ4v) is 3.51. The van der Waals surface area contributed by atoms with Gasteiger partial charge in [0.2, 0.25) is 0 Å². The van der Waals surface area contributed by atoms with E-state index in [0.29, 0.717) is 6.04 Å². The van der Waals surface area contributed by atoms with Crippen LogP contribution in [-0.4, -0.2) is 34.3 Å². The Morgan fingerprint density at radius 2 is 1.96 bits per heavy atom. The van der Waals surface area contributed by atoms with Gasteiger partial charge in [0, 0.05) is 42.1 Å². The number of hydrogen-bond donors (Lipinski definition) is 1. The Labute approximate surface area is 148 Å². The molecule has 0 atom stereocenters. The SMILES string of the molecule is CCc1cc(N2CCC(Nc3cccnn3)CC2)c2ccccc2n1. The van der Waals surface area contributed by atoms with Crippen molar-refractivity contribution < 1.29 is 0 Å². The molecule has 0 bridgehead atoms. The van der Waals surface area contributed by atoms with Crippen LogP contribution in [-0.2, 0) is 6.42 Å². The van der Waals surface area contributed by atoms with E-state index in [1.54, 1.807) is 6.20 Å². The first kappa shape index (κ1) is 15.8. The lowest BCUT2D eigenvalue weighted by Gasteiger charge is -2.35. The molecule has 0 amide bonds. The van der Waals surface area contributed by atoms with E-state index in [2.05, 4.69) is 57.7 Å². The maximum Gasteiger partial charge on any atom is 0.148 e. The first-order valence-corrected chi connectivity index (χ1v) is 9.01. The monoisotopic (exact) mass is 333 g/mol. The quantitative estimate of drug-likeness (QED) is 0.789. The summed E-state index contributed by atoms with van der Waals surface area (Å²) in [7, 11) is 0. The molecule has 3 aromatic rings. The fraction of sp³-hybridized carbons (Fsp3) is 0.350. The molecule has 5 nitrogen and oxygen atoms in total. The van der Waals surface area contributed by atoms with Crippen molar-refractivity contribution in [2.75, 3.05) is 23.3 Å². The van der Waals surface area contributed by atoms with E-state index in [1.165, 1.54) is 11.1 Å². The Balaban J connectivity index is 1.52. The maximum atomic E-state index is 4.77. The van der Waals surface area contributed by atoms with E-state index >= 15 is 0 Å². The normalized spacial score (nSPS) is 15.5. The lowest BCUT2D eigenvalue weighted by atomic mass is 10.0.